The van der Waals surface area contributed by atoms with Crippen LogP contribution in [-0.4, -0.2) is 73.3 Å². The fourth-order valence-electron chi connectivity index (χ4n) is 4.60. The fourth-order valence-corrected chi connectivity index (χ4v) is 4.60. The SMILES string of the molecule is CNC(=O)[C@@H](Cc1ccccc1)N(C)C(=O)[C@H](Cc1ccc2ccccc2c1)N(C)C(=O)/C=C/CC(C)(C)NC. The molecule has 0 aromatic heterocycles. The molecule has 3 rings (SSSR count). The minimum Gasteiger partial charge on any atom is -0.357 e. The van der Waals surface area contributed by atoms with Gasteiger partial charge >= 0.3 is 0 Å². The highest BCUT2D eigenvalue weighted by molar-refractivity contribution is 5.95. The molecule has 212 valence electrons. The Labute approximate surface area is 238 Å². The Morgan fingerprint density at radius 2 is 1.43 bits per heavy atom. The summed E-state index contributed by atoms with van der Waals surface area (Å²) in [4.78, 5) is 43.3. The number of benzene rings is 3. The Hall–Kier alpha value is -3.97. The maximum atomic E-state index is 14.1. The van der Waals surface area contributed by atoms with Crippen molar-refractivity contribution in [2.24, 2.45) is 0 Å². The zero-order chi connectivity index (χ0) is 29.3. The smallest absolute Gasteiger partial charge is 0.246 e. The molecule has 0 heterocycles. The average molecular weight is 543 g/mol. The monoisotopic (exact) mass is 542 g/mol. The predicted molar refractivity (Wildman–Crippen MR) is 162 cm³/mol. The van der Waals surface area contributed by atoms with Gasteiger partial charge in [0, 0.05) is 39.5 Å². The molecular formula is C33H42N4O3. The van der Waals surface area contributed by atoms with E-state index in [9.17, 15) is 14.4 Å². The zero-order valence-corrected chi connectivity index (χ0v) is 24.5. The quantitative estimate of drug-likeness (QED) is 0.340. The molecule has 2 atom stereocenters. The van der Waals surface area contributed by atoms with Crippen LogP contribution in [0.1, 0.15) is 31.4 Å². The lowest BCUT2D eigenvalue weighted by Crippen LogP contribution is -2.55. The van der Waals surface area contributed by atoms with E-state index in [1.807, 2.05) is 79.9 Å². The third kappa shape index (κ3) is 8.02. The Kier molecular flexibility index (Phi) is 10.6. The summed E-state index contributed by atoms with van der Waals surface area (Å²) < 4.78 is 0. The van der Waals surface area contributed by atoms with E-state index >= 15 is 0 Å². The van der Waals surface area contributed by atoms with Crippen LogP contribution in [0.2, 0.25) is 0 Å². The van der Waals surface area contributed by atoms with Crippen LogP contribution >= 0.6 is 0 Å². The summed E-state index contributed by atoms with van der Waals surface area (Å²) in [5.41, 5.74) is 1.72. The molecule has 0 bridgehead atoms. The van der Waals surface area contributed by atoms with Crippen molar-refractivity contribution in [3.05, 3.63) is 96.1 Å². The van der Waals surface area contributed by atoms with Gasteiger partial charge in [-0.15, -0.1) is 0 Å². The highest BCUT2D eigenvalue weighted by atomic mass is 16.2. The Bertz CT molecular complexity index is 1340. The maximum Gasteiger partial charge on any atom is 0.246 e. The number of fused-ring (bicyclic) bond motifs is 1. The van der Waals surface area contributed by atoms with Crippen molar-refractivity contribution in [1.82, 2.24) is 20.4 Å². The van der Waals surface area contributed by atoms with Crippen molar-refractivity contribution in [3.8, 4) is 0 Å². The van der Waals surface area contributed by atoms with Crippen LogP contribution in [0.4, 0.5) is 0 Å². The molecule has 40 heavy (non-hydrogen) atoms. The van der Waals surface area contributed by atoms with Gasteiger partial charge in [-0.25, -0.2) is 0 Å². The minimum atomic E-state index is -0.802. The van der Waals surface area contributed by atoms with Crippen LogP contribution in [0.5, 0.6) is 0 Å². The molecule has 0 aliphatic rings. The Balaban J connectivity index is 1.92. The van der Waals surface area contributed by atoms with Crippen molar-refractivity contribution in [3.63, 3.8) is 0 Å². The lowest BCUT2D eigenvalue weighted by molar-refractivity contribution is -0.146. The summed E-state index contributed by atoms with van der Waals surface area (Å²) in [6.45, 7) is 4.11. The van der Waals surface area contributed by atoms with E-state index in [1.165, 1.54) is 15.9 Å². The van der Waals surface area contributed by atoms with Crippen molar-refractivity contribution in [2.45, 2.75) is 50.7 Å². The van der Waals surface area contributed by atoms with Crippen LogP contribution in [0, 0.1) is 0 Å². The summed E-state index contributed by atoms with van der Waals surface area (Å²) in [5, 5.41) is 8.09. The first-order valence-electron chi connectivity index (χ1n) is 13.7. The second-order valence-corrected chi connectivity index (χ2v) is 10.9. The topological polar surface area (TPSA) is 81.8 Å². The van der Waals surface area contributed by atoms with E-state index in [0.717, 1.165) is 21.9 Å². The van der Waals surface area contributed by atoms with Gasteiger partial charge in [0.15, 0.2) is 0 Å². The Morgan fingerprint density at radius 1 is 0.800 bits per heavy atom. The van der Waals surface area contributed by atoms with Gasteiger partial charge in [0.1, 0.15) is 12.1 Å². The summed E-state index contributed by atoms with van der Waals surface area (Å²) in [6.07, 6.45) is 4.70. The van der Waals surface area contributed by atoms with Gasteiger partial charge in [0.05, 0.1) is 0 Å². The average Bonchev–Trinajstić information content (AvgIpc) is 2.97. The summed E-state index contributed by atoms with van der Waals surface area (Å²) in [5.74, 6) is -0.816. The van der Waals surface area contributed by atoms with E-state index in [2.05, 4.69) is 30.5 Å². The van der Waals surface area contributed by atoms with E-state index in [-0.39, 0.29) is 23.3 Å². The normalized spacial score (nSPS) is 13.2. The second-order valence-electron chi connectivity index (χ2n) is 10.9. The molecule has 3 amide bonds. The fraction of sp³-hybridized carbons (Fsp3) is 0.364. The van der Waals surface area contributed by atoms with Gasteiger partial charge in [0.2, 0.25) is 17.7 Å². The number of nitrogens with zero attached hydrogens (tertiary/aromatic N) is 2. The minimum absolute atomic E-state index is 0.159. The summed E-state index contributed by atoms with van der Waals surface area (Å²) >= 11 is 0. The third-order valence-electron chi connectivity index (χ3n) is 7.54. The van der Waals surface area contributed by atoms with Crippen LogP contribution in [0.25, 0.3) is 10.8 Å². The van der Waals surface area contributed by atoms with Crippen LogP contribution in [0.15, 0.2) is 84.9 Å². The van der Waals surface area contributed by atoms with Crippen molar-refractivity contribution in [1.29, 1.82) is 0 Å². The van der Waals surface area contributed by atoms with Gasteiger partial charge in [-0.2, -0.15) is 0 Å². The second kappa shape index (κ2) is 13.9. The highest BCUT2D eigenvalue weighted by Crippen LogP contribution is 2.20. The van der Waals surface area contributed by atoms with E-state index < -0.39 is 12.1 Å². The number of hydrogen-bond donors (Lipinski definition) is 2. The standard InChI is InChI=1S/C33H42N4O3/c1-33(2,35-4)20-12-17-30(38)36(5)29(23-25-18-19-26-15-10-11-16-27(26)21-25)32(40)37(6)28(31(39)34-3)22-24-13-8-7-9-14-24/h7-19,21,28-29,35H,20,22-23H2,1-6H3,(H,34,39)/b17-12+/t28-,29+/m1/s1. The molecule has 7 heteroatoms. The van der Waals surface area contributed by atoms with Crippen LogP contribution < -0.4 is 10.6 Å². The van der Waals surface area contributed by atoms with Crippen molar-refractivity contribution < 1.29 is 14.4 Å². The number of likely N-dealkylation sites (N-methyl/N-ethyl adjacent to an activating group) is 3. The number of nitrogens with one attached hydrogen (secondary N) is 2. The van der Waals surface area contributed by atoms with E-state index in [0.29, 0.717) is 19.3 Å². The number of carbonyl (C=O) groups excluding carboxylic acids is 3. The van der Waals surface area contributed by atoms with E-state index in [4.69, 9.17) is 0 Å². The molecule has 0 radical (unpaired) electrons. The van der Waals surface area contributed by atoms with Gasteiger partial charge in [-0.1, -0.05) is 78.9 Å². The van der Waals surface area contributed by atoms with Gasteiger partial charge in [0.25, 0.3) is 0 Å². The predicted octanol–water partition coefficient (Wildman–Crippen LogP) is 3.97. The number of carbonyl (C=O) groups is 3. The van der Waals surface area contributed by atoms with Crippen LogP contribution in [-0.2, 0) is 27.2 Å². The molecule has 0 saturated carbocycles. The number of hydrogen-bond acceptors (Lipinski definition) is 4. The number of amides is 3. The highest BCUT2D eigenvalue weighted by Gasteiger charge is 2.34. The van der Waals surface area contributed by atoms with Gasteiger partial charge in [-0.3, -0.25) is 14.4 Å². The molecule has 2 N–H and O–H groups in total. The molecule has 3 aromatic rings. The largest absolute Gasteiger partial charge is 0.357 e. The number of rotatable bonds is 12. The molecule has 3 aromatic carbocycles. The first-order valence-corrected chi connectivity index (χ1v) is 13.7. The van der Waals surface area contributed by atoms with Crippen LogP contribution in [0.3, 0.4) is 0 Å². The molecule has 0 saturated heterocycles. The lowest BCUT2D eigenvalue weighted by Gasteiger charge is -2.34. The first-order chi connectivity index (χ1) is 19.1. The molecule has 0 aliphatic carbocycles. The molecule has 0 spiro atoms. The van der Waals surface area contributed by atoms with Gasteiger partial charge in [-0.05, 0) is 55.3 Å². The molecule has 0 unspecified atom stereocenters. The summed E-state index contributed by atoms with van der Waals surface area (Å²) in [6, 6.07) is 22.2. The summed E-state index contributed by atoms with van der Waals surface area (Å²) in [7, 11) is 6.74. The molecular weight excluding hydrogens is 500 g/mol. The molecule has 0 fully saturated rings. The first kappa shape index (κ1) is 30.6. The van der Waals surface area contributed by atoms with Crippen molar-refractivity contribution in [2.75, 3.05) is 28.2 Å². The van der Waals surface area contributed by atoms with Gasteiger partial charge < -0.3 is 20.4 Å². The Morgan fingerprint density at radius 3 is 2.08 bits per heavy atom. The van der Waals surface area contributed by atoms with Crippen molar-refractivity contribution >= 4 is 28.5 Å². The third-order valence-corrected chi connectivity index (χ3v) is 7.54. The lowest BCUT2D eigenvalue weighted by atomic mass is 9.98. The zero-order valence-electron chi connectivity index (χ0n) is 24.5. The molecule has 0 aliphatic heterocycles. The maximum absolute atomic E-state index is 14.1. The molecule has 7 nitrogen and oxygen atoms in total. The van der Waals surface area contributed by atoms with E-state index in [1.54, 1.807) is 21.1 Å².